The number of benzene rings is 8. The van der Waals surface area contributed by atoms with Gasteiger partial charge in [0.1, 0.15) is 0 Å². The summed E-state index contributed by atoms with van der Waals surface area (Å²) in [6, 6.07) is 79.7. The first-order valence-corrected chi connectivity index (χ1v) is 32.5. The van der Waals surface area contributed by atoms with Crippen molar-refractivity contribution in [1.29, 1.82) is 0 Å². The SMILES string of the molecule is NCCCN1CC(=O)N(CC(c2ccccc2)c2ccccc2)CC(=O)N(CCCN)CC(=O)N(CC(c2ccccc2)c2ccccc2)CC(=O)N(CC(c2ccccc2)c2ccccc2)CC(=O)CCCCN(CC(c2ccccc2)c2ccccc2)CC1=O. The second-order valence-electron chi connectivity index (χ2n) is 24.0. The number of carbonyl (C=O) groups excluding carboxylic acids is 6. The largest absolute Gasteiger partial charge is 0.333 e. The molecule has 92 heavy (non-hydrogen) atoms. The monoisotopic (exact) mass is 1230 g/mol. The Morgan fingerprint density at radius 1 is 0.283 bits per heavy atom. The number of ketones is 1. The van der Waals surface area contributed by atoms with Crippen LogP contribution in [0.15, 0.2) is 243 Å². The molecule has 8 aromatic carbocycles. The van der Waals surface area contributed by atoms with Crippen LogP contribution in [0.2, 0.25) is 0 Å². The van der Waals surface area contributed by atoms with Gasteiger partial charge in [0.05, 0.1) is 39.3 Å². The Morgan fingerprint density at radius 2 is 0.522 bits per heavy atom. The zero-order valence-corrected chi connectivity index (χ0v) is 52.8. The molecule has 1 fully saturated rings. The van der Waals surface area contributed by atoms with Crippen molar-refractivity contribution >= 4 is 35.3 Å². The molecule has 476 valence electrons. The Bertz CT molecular complexity index is 3380. The molecule has 0 aromatic heterocycles. The van der Waals surface area contributed by atoms with Crippen molar-refractivity contribution in [2.24, 2.45) is 11.5 Å². The van der Waals surface area contributed by atoms with E-state index in [1.165, 1.54) is 14.7 Å². The average Bonchev–Trinajstić information content (AvgIpc) is 3.16. The highest BCUT2D eigenvalue weighted by atomic mass is 16.2. The molecule has 1 aliphatic rings. The van der Waals surface area contributed by atoms with Gasteiger partial charge in [-0.1, -0.05) is 243 Å². The molecule has 4 N–H and O–H groups in total. The van der Waals surface area contributed by atoms with Gasteiger partial charge in [0, 0.05) is 69.4 Å². The number of amides is 5. The summed E-state index contributed by atoms with van der Waals surface area (Å²) in [6.07, 6.45) is 1.92. The normalized spacial score (nSPS) is 15.2. The molecule has 0 bridgehead atoms. The van der Waals surface area contributed by atoms with Gasteiger partial charge in [-0.3, -0.25) is 33.7 Å². The molecule has 8 aromatic rings. The van der Waals surface area contributed by atoms with Crippen LogP contribution in [0.25, 0.3) is 0 Å². The number of hydrogen-bond acceptors (Lipinski definition) is 9. The van der Waals surface area contributed by atoms with E-state index in [2.05, 4.69) is 29.2 Å². The topological polar surface area (TPSA) is 174 Å². The van der Waals surface area contributed by atoms with Crippen molar-refractivity contribution in [3.8, 4) is 0 Å². The number of carbonyl (C=O) groups is 6. The lowest BCUT2D eigenvalue weighted by molar-refractivity contribution is -0.147. The van der Waals surface area contributed by atoms with Gasteiger partial charge >= 0.3 is 0 Å². The number of hydrogen-bond donors (Lipinski definition) is 2. The summed E-state index contributed by atoms with van der Waals surface area (Å²) < 4.78 is 0. The van der Waals surface area contributed by atoms with Gasteiger partial charge in [-0.15, -0.1) is 0 Å². The summed E-state index contributed by atoms with van der Waals surface area (Å²) in [4.78, 5) is 102. The smallest absolute Gasteiger partial charge is 0.242 e. The molecule has 5 amide bonds. The number of Topliss-reactive ketones (excluding diaryl/α,β-unsaturated/α-hetero) is 1. The fourth-order valence-corrected chi connectivity index (χ4v) is 12.5. The van der Waals surface area contributed by atoms with Gasteiger partial charge in [0.25, 0.3) is 0 Å². The molecule has 0 saturated carbocycles. The van der Waals surface area contributed by atoms with Gasteiger partial charge in [-0.2, -0.15) is 0 Å². The molecule has 14 nitrogen and oxygen atoms in total. The lowest BCUT2D eigenvalue weighted by Gasteiger charge is -2.35. The summed E-state index contributed by atoms with van der Waals surface area (Å²) >= 11 is 0. The van der Waals surface area contributed by atoms with Crippen LogP contribution in [0, 0.1) is 0 Å². The van der Waals surface area contributed by atoms with Crippen molar-refractivity contribution in [2.75, 3.05) is 98.2 Å². The summed E-state index contributed by atoms with van der Waals surface area (Å²) in [7, 11) is 0. The Labute approximate surface area is 543 Å². The molecule has 1 saturated heterocycles. The summed E-state index contributed by atoms with van der Waals surface area (Å²) in [5.41, 5.74) is 20.1. The van der Waals surface area contributed by atoms with E-state index < -0.39 is 55.1 Å². The van der Waals surface area contributed by atoms with Crippen LogP contribution in [-0.2, 0) is 28.8 Å². The maximum Gasteiger partial charge on any atom is 0.242 e. The van der Waals surface area contributed by atoms with Crippen LogP contribution in [0.3, 0.4) is 0 Å². The van der Waals surface area contributed by atoms with Crippen molar-refractivity contribution in [3.05, 3.63) is 287 Å². The first-order valence-electron chi connectivity index (χ1n) is 32.5. The Balaban J connectivity index is 1.14. The lowest BCUT2D eigenvalue weighted by Crippen LogP contribution is -2.53. The summed E-state index contributed by atoms with van der Waals surface area (Å²) in [6.45, 7) is 0.0350. The van der Waals surface area contributed by atoms with Crippen molar-refractivity contribution in [3.63, 3.8) is 0 Å². The van der Waals surface area contributed by atoms with E-state index in [0.717, 1.165) is 44.5 Å². The molecule has 0 radical (unpaired) electrons. The third kappa shape index (κ3) is 19.6. The minimum Gasteiger partial charge on any atom is -0.333 e. The van der Waals surface area contributed by atoms with E-state index in [9.17, 15) is 4.79 Å². The summed E-state index contributed by atoms with van der Waals surface area (Å²) in [5.74, 6) is -3.56. The fourth-order valence-electron chi connectivity index (χ4n) is 12.5. The van der Waals surface area contributed by atoms with Crippen molar-refractivity contribution < 1.29 is 28.8 Å². The van der Waals surface area contributed by atoms with E-state index in [1.54, 1.807) is 9.80 Å². The van der Waals surface area contributed by atoms with Gasteiger partial charge in [0.15, 0.2) is 5.78 Å². The van der Waals surface area contributed by atoms with Crippen LogP contribution in [0.1, 0.15) is 100 Å². The zero-order chi connectivity index (χ0) is 64.3. The molecule has 1 heterocycles. The standard InChI is InChI=1S/C78H88N8O6/c79-46-27-49-82-57-76(90)85(54-72(65-37-17-5-18-38-65)66-39-19-6-20-40-66)59-75(89)83(50-28-47-80)58-77(91)86(55-73(67-41-21-7-22-42-67)68-43-23-8-24-44-68)60-78(92)84(53-71(63-33-13-3-14-34-63)64-35-15-4-16-36-64)51-69(87)45-25-26-48-81(56-74(82)88)52-70(61-29-9-1-10-30-61)62-31-11-2-12-32-62/h1-24,29-44,70-73H,25-28,45-60,79-80H2. The van der Waals surface area contributed by atoms with Gasteiger partial charge in [-0.05, 0) is 89.8 Å². The Hall–Kier alpha value is -9.34. The first-order chi connectivity index (χ1) is 45.0. The number of nitrogens with zero attached hydrogens (tertiary/aromatic N) is 6. The second-order valence-corrected chi connectivity index (χ2v) is 24.0. The van der Waals surface area contributed by atoms with Crippen LogP contribution in [-0.4, -0.2) is 163 Å². The van der Waals surface area contributed by atoms with Crippen LogP contribution in [0.5, 0.6) is 0 Å². The third-order valence-corrected chi connectivity index (χ3v) is 17.5. The molecule has 9 rings (SSSR count). The predicted octanol–water partition coefficient (Wildman–Crippen LogP) is 10.2. The van der Waals surface area contributed by atoms with E-state index in [1.807, 2.05) is 218 Å². The van der Waals surface area contributed by atoms with Crippen LogP contribution in [0.4, 0.5) is 0 Å². The zero-order valence-electron chi connectivity index (χ0n) is 52.8. The number of rotatable bonds is 22. The minimum atomic E-state index is -0.504. The van der Waals surface area contributed by atoms with Crippen LogP contribution >= 0.6 is 0 Å². The molecule has 14 heteroatoms. The van der Waals surface area contributed by atoms with E-state index >= 15 is 24.0 Å². The Kier molecular flexibility index (Phi) is 25.7. The van der Waals surface area contributed by atoms with Gasteiger partial charge < -0.3 is 36.0 Å². The molecule has 0 aliphatic carbocycles. The highest BCUT2D eigenvalue weighted by molar-refractivity contribution is 5.93. The van der Waals surface area contributed by atoms with E-state index in [-0.39, 0.29) is 95.4 Å². The maximum atomic E-state index is 15.7. The summed E-state index contributed by atoms with van der Waals surface area (Å²) in [5, 5.41) is 0. The van der Waals surface area contributed by atoms with Gasteiger partial charge in [0.2, 0.25) is 29.5 Å². The van der Waals surface area contributed by atoms with Crippen molar-refractivity contribution in [1.82, 2.24) is 29.4 Å². The average molecular weight is 1230 g/mol. The number of nitrogens with two attached hydrogens (primary N) is 2. The fraction of sp³-hybridized carbons (Fsp3) is 0.308. The van der Waals surface area contributed by atoms with E-state index in [4.69, 9.17) is 11.5 Å². The van der Waals surface area contributed by atoms with Crippen LogP contribution < -0.4 is 11.5 Å². The highest BCUT2D eigenvalue weighted by Crippen LogP contribution is 2.31. The lowest BCUT2D eigenvalue weighted by atomic mass is 9.90. The van der Waals surface area contributed by atoms with Gasteiger partial charge in [-0.25, -0.2) is 0 Å². The molecule has 0 spiro atoms. The second kappa shape index (κ2) is 35.3. The molecule has 0 unspecified atom stereocenters. The minimum absolute atomic E-state index is 0.0406. The maximum absolute atomic E-state index is 15.7. The molecular formula is C78H88N8O6. The highest BCUT2D eigenvalue weighted by Gasteiger charge is 2.34. The third-order valence-electron chi connectivity index (χ3n) is 17.5. The van der Waals surface area contributed by atoms with E-state index in [0.29, 0.717) is 38.8 Å². The Morgan fingerprint density at radius 3 is 0.804 bits per heavy atom. The molecular weight excluding hydrogens is 1140 g/mol. The molecule has 0 atom stereocenters. The quantitative estimate of drug-likeness (QED) is 0.0670. The van der Waals surface area contributed by atoms with Crippen molar-refractivity contribution in [2.45, 2.75) is 55.8 Å². The predicted molar refractivity (Wildman–Crippen MR) is 364 cm³/mol. The molecule has 1 aliphatic heterocycles. The first kappa shape index (κ1) is 67.1.